The maximum atomic E-state index is 11.9. The highest BCUT2D eigenvalue weighted by Gasteiger charge is 2.27. The van der Waals surface area contributed by atoms with Crippen molar-refractivity contribution in [2.24, 2.45) is 11.8 Å². The van der Waals surface area contributed by atoms with E-state index in [0.717, 1.165) is 5.56 Å². The monoisotopic (exact) mass is 226 g/mol. The second-order valence-corrected chi connectivity index (χ2v) is 4.63. The normalized spacial score (nSPS) is 14.6. The summed E-state index contributed by atoms with van der Waals surface area (Å²) in [5, 5.41) is 10.7. The molecule has 0 amide bonds. The molecule has 0 saturated carbocycles. The minimum atomic E-state index is -0.926. The third-order valence-corrected chi connectivity index (χ3v) is 3.67. The molecule has 1 rings (SSSR count). The maximum absolute atomic E-state index is 11.9. The number of rotatable bonds is 4. The number of aryl methyl sites for hydroxylation is 1. The number of carbonyl (C=O) groups is 2. The number of hydrogen-bond donors (Lipinski definition) is 1. The number of carboxylic acids is 1. The molecule has 0 saturated heterocycles. The van der Waals surface area contributed by atoms with Gasteiger partial charge in [-0.3, -0.25) is 9.59 Å². The quantitative estimate of drug-likeness (QED) is 0.803. The van der Waals surface area contributed by atoms with E-state index >= 15 is 0 Å². The number of carboxylic acid groups (broad SMARTS) is 1. The third kappa shape index (κ3) is 2.45. The van der Waals surface area contributed by atoms with Crippen LogP contribution in [0.3, 0.4) is 0 Å². The Hall–Kier alpha value is -1.16. The second kappa shape index (κ2) is 4.57. The number of aliphatic carboxylic acids is 1. The van der Waals surface area contributed by atoms with Crippen molar-refractivity contribution in [3.63, 3.8) is 0 Å². The van der Waals surface area contributed by atoms with Crippen LogP contribution in [0.1, 0.15) is 29.1 Å². The Morgan fingerprint density at radius 3 is 2.33 bits per heavy atom. The second-order valence-electron chi connectivity index (χ2n) is 3.71. The van der Waals surface area contributed by atoms with Gasteiger partial charge in [0.05, 0.1) is 10.8 Å². The molecular formula is C11H14O3S. The van der Waals surface area contributed by atoms with Gasteiger partial charge >= 0.3 is 5.97 Å². The molecule has 1 aromatic heterocycles. The summed E-state index contributed by atoms with van der Waals surface area (Å²) in [6.45, 7) is 5.09. The molecule has 0 aliphatic rings. The van der Waals surface area contributed by atoms with Gasteiger partial charge in [0.25, 0.3) is 0 Å². The summed E-state index contributed by atoms with van der Waals surface area (Å²) in [4.78, 5) is 23.3. The van der Waals surface area contributed by atoms with E-state index in [-0.39, 0.29) is 5.78 Å². The molecular weight excluding hydrogens is 212 g/mol. The van der Waals surface area contributed by atoms with E-state index in [9.17, 15) is 9.59 Å². The van der Waals surface area contributed by atoms with Crippen molar-refractivity contribution in [1.82, 2.24) is 0 Å². The molecule has 82 valence electrons. The number of ketones is 1. The molecule has 0 aliphatic heterocycles. The molecule has 1 aromatic rings. The summed E-state index contributed by atoms with van der Waals surface area (Å²) in [7, 11) is 0. The predicted molar refractivity (Wildman–Crippen MR) is 59.4 cm³/mol. The minimum Gasteiger partial charge on any atom is -0.481 e. The lowest BCUT2D eigenvalue weighted by Gasteiger charge is -2.14. The summed E-state index contributed by atoms with van der Waals surface area (Å²) in [5.41, 5.74) is 0.925. The molecule has 0 fully saturated rings. The first-order chi connectivity index (χ1) is 6.95. The fourth-order valence-corrected chi connectivity index (χ4v) is 2.24. The van der Waals surface area contributed by atoms with Gasteiger partial charge in [0.1, 0.15) is 0 Å². The van der Waals surface area contributed by atoms with Crippen molar-refractivity contribution < 1.29 is 14.7 Å². The maximum Gasteiger partial charge on any atom is 0.306 e. The van der Waals surface area contributed by atoms with E-state index < -0.39 is 17.8 Å². The van der Waals surface area contributed by atoms with Crippen LogP contribution in [0.5, 0.6) is 0 Å². The number of carbonyl (C=O) groups excluding carboxylic acids is 1. The summed E-state index contributed by atoms with van der Waals surface area (Å²) in [6, 6.07) is 1.87. The van der Waals surface area contributed by atoms with Gasteiger partial charge in [-0.2, -0.15) is 0 Å². The van der Waals surface area contributed by atoms with Crippen LogP contribution in [0.25, 0.3) is 0 Å². The average Bonchev–Trinajstić information content (AvgIpc) is 2.60. The van der Waals surface area contributed by atoms with Gasteiger partial charge in [0.15, 0.2) is 5.78 Å². The van der Waals surface area contributed by atoms with Crippen LogP contribution in [0.4, 0.5) is 0 Å². The van der Waals surface area contributed by atoms with Crippen molar-refractivity contribution in [3.05, 3.63) is 21.9 Å². The van der Waals surface area contributed by atoms with Gasteiger partial charge < -0.3 is 5.11 Å². The fraction of sp³-hybridized carbons (Fsp3) is 0.455. The lowest BCUT2D eigenvalue weighted by Crippen LogP contribution is -2.25. The van der Waals surface area contributed by atoms with E-state index in [2.05, 4.69) is 0 Å². The summed E-state index contributed by atoms with van der Waals surface area (Å²) < 4.78 is 0. The van der Waals surface area contributed by atoms with Crippen LogP contribution in [0.2, 0.25) is 0 Å². The molecule has 0 bridgehead atoms. The Morgan fingerprint density at radius 2 is 1.93 bits per heavy atom. The minimum absolute atomic E-state index is 0.0719. The van der Waals surface area contributed by atoms with E-state index in [4.69, 9.17) is 5.11 Å². The van der Waals surface area contributed by atoms with Gasteiger partial charge in [-0.15, -0.1) is 11.3 Å². The van der Waals surface area contributed by atoms with Gasteiger partial charge in [0.2, 0.25) is 0 Å². The lowest BCUT2D eigenvalue weighted by atomic mass is 9.90. The van der Waals surface area contributed by atoms with E-state index in [1.54, 1.807) is 13.8 Å². The Kier molecular flexibility index (Phi) is 3.63. The molecule has 1 N–H and O–H groups in total. The van der Waals surface area contributed by atoms with E-state index in [1.807, 2.05) is 18.4 Å². The summed E-state index contributed by atoms with van der Waals surface area (Å²) in [5.74, 6) is -2.11. The largest absolute Gasteiger partial charge is 0.481 e. The molecule has 15 heavy (non-hydrogen) atoms. The van der Waals surface area contributed by atoms with Crippen LogP contribution >= 0.6 is 11.3 Å². The predicted octanol–water partition coefficient (Wildman–Crippen LogP) is 2.60. The standard InChI is InChI=1S/C11H14O3S/c1-6-4-5-15-10(6)9(12)7(2)8(3)11(13)14/h4-5,7-8H,1-3H3,(H,13,14). The van der Waals surface area contributed by atoms with Gasteiger partial charge in [-0.25, -0.2) is 0 Å². The number of thiophene rings is 1. The summed E-state index contributed by atoms with van der Waals surface area (Å²) >= 11 is 1.37. The Morgan fingerprint density at radius 1 is 1.33 bits per heavy atom. The molecule has 0 radical (unpaired) electrons. The molecule has 4 heteroatoms. The number of Topliss-reactive ketones (excluding diaryl/α,β-unsaturated/α-hetero) is 1. The van der Waals surface area contributed by atoms with E-state index in [0.29, 0.717) is 4.88 Å². The highest BCUT2D eigenvalue weighted by atomic mass is 32.1. The average molecular weight is 226 g/mol. The molecule has 0 spiro atoms. The molecule has 2 unspecified atom stereocenters. The van der Waals surface area contributed by atoms with Crippen molar-refractivity contribution in [3.8, 4) is 0 Å². The third-order valence-electron chi connectivity index (χ3n) is 2.64. The first-order valence-corrected chi connectivity index (χ1v) is 5.64. The zero-order valence-corrected chi connectivity index (χ0v) is 9.80. The molecule has 0 aromatic carbocycles. The van der Waals surface area contributed by atoms with Crippen LogP contribution in [0, 0.1) is 18.8 Å². The topological polar surface area (TPSA) is 54.4 Å². The fourth-order valence-electron chi connectivity index (χ4n) is 1.27. The van der Waals surface area contributed by atoms with Crippen LogP contribution in [-0.4, -0.2) is 16.9 Å². The van der Waals surface area contributed by atoms with Crippen molar-refractivity contribution in [1.29, 1.82) is 0 Å². The van der Waals surface area contributed by atoms with Gasteiger partial charge in [0, 0.05) is 5.92 Å². The first-order valence-electron chi connectivity index (χ1n) is 4.76. The zero-order chi connectivity index (χ0) is 11.6. The Labute approximate surface area is 92.7 Å². The lowest BCUT2D eigenvalue weighted by molar-refractivity contribution is -0.142. The molecule has 0 aliphatic carbocycles. The highest BCUT2D eigenvalue weighted by Crippen LogP contribution is 2.23. The van der Waals surface area contributed by atoms with Gasteiger partial charge in [-0.05, 0) is 23.9 Å². The van der Waals surface area contributed by atoms with Crippen LogP contribution in [-0.2, 0) is 4.79 Å². The van der Waals surface area contributed by atoms with Crippen molar-refractivity contribution in [2.75, 3.05) is 0 Å². The summed E-state index contributed by atoms with van der Waals surface area (Å²) in [6.07, 6.45) is 0. The first kappa shape index (κ1) is 11.9. The SMILES string of the molecule is Cc1ccsc1C(=O)C(C)C(C)C(=O)O. The Balaban J connectivity index is 2.86. The zero-order valence-electron chi connectivity index (χ0n) is 8.98. The smallest absolute Gasteiger partial charge is 0.306 e. The van der Waals surface area contributed by atoms with E-state index in [1.165, 1.54) is 11.3 Å². The highest BCUT2D eigenvalue weighted by molar-refractivity contribution is 7.12. The molecule has 1 heterocycles. The molecule has 3 nitrogen and oxygen atoms in total. The van der Waals surface area contributed by atoms with Crippen molar-refractivity contribution >= 4 is 23.1 Å². The molecule has 2 atom stereocenters. The number of hydrogen-bond acceptors (Lipinski definition) is 3. The van der Waals surface area contributed by atoms with Crippen LogP contribution < -0.4 is 0 Å². The van der Waals surface area contributed by atoms with Crippen molar-refractivity contribution in [2.45, 2.75) is 20.8 Å². The van der Waals surface area contributed by atoms with Crippen LogP contribution in [0.15, 0.2) is 11.4 Å². The Bertz CT molecular complexity index is 381. The van der Waals surface area contributed by atoms with Gasteiger partial charge in [-0.1, -0.05) is 13.8 Å².